The van der Waals surface area contributed by atoms with Gasteiger partial charge < -0.3 is 19.4 Å². The van der Waals surface area contributed by atoms with E-state index in [4.69, 9.17) is 9.47 Å². The van der Waals surface area contributed by atoms with Gasteiger partial charge in [0.05, 0.1) is 6.61 Å². The van der Waals surface area contributed by atoms with E-state index in [9.17, 15) is 0 Å². The summed E-state index contributed by atoms with van der Waals surface area (Å²) in [5.74, 6) is 0.841. The summed E-state index contributed by atoms with van der Waals surface area (Å²) in [5.41, 5.74) is -0.217. The highest BCUT2D eigenvalue weighted by molar-refractivity contribution is 5.27. The van der Waals surface area contributed by atoms with E-state index in [0.717, 1.165) is 25.5 Å². The summed E-state index contributed by atoms with van der Waals surface area (Å²) in [4.78, 5) is 4.27. The molecule has 5 nitrogen and oxygen atoms in total. The zero-order valence-electron chi connectivity index (χ0n) is 10.2. The van der Waals surface area contributed by atoms with Gasteiger partial charge in [-0.2, -0.15) is 0 Å². The van der Waals surface area contributed by atoms with Crippen molar-refractivity contribution in [3.8, 4) is 0 Å². The van der Waals surface area contributed by atoms with Crippen LogP contribution in [0, 0.1) is 0 Å². The Morgan fingerprint density at radius 3 is 3.29 bits per heavy atom. The molecule has 17 heavy (non-hydrogen) atoms. The largest absolute Gasteiger partial charge is 0.378 e. The molecule has 1 aliphatic rings. The summed E-state index contributed by atoms with van der Waals surface area (Å²) in [5, 5.41) is 3.31. The number of methoxy groups -OCH3 is 1. The number of rotatable bonds is 6. The highest BCUT2D eigenvalue weighted by atomic mass is 16.5. The number of anilines is 1. The average molecular weight is 237 g/mol. The Labute approximate surface area is 101 Å². The third kappa shape index (κ3) is 2.68. The molecule has 2 heterocycles. The van der Waals surface area contributed by atoms with Crippen LogP contribution in [-0.4, -0.2) is 42.0 Å². The van der Waals surface area contributed by atoms with E-state index in [0.29, 0.717) is 13.2 Å². The van der Waals surface area contributed by atoms with Crippen LogP contribution in [0.3, 0.4) is 0 Å². The molecule has 94 valence electrons. The van der Waals surface area contributed by atoms with Crippen LogP contribution in [-0.2, 0) is 16.0 Å². The predicted molar refractivity (Wildman–Crippen MR) is 66.1 cm³/mol. The number of nitrogens with zero attached hydrogens (tertiary/aromatic N) is 2. The van der Waals surface area contributed by atoms with E-state index in [1.54, 1.807) is 13.3 Å². The van der Waals surface area contributed by atoms with Crippen LogP contribution >= 0.6 is 0 Å². The molecule has 0 radical (unpaired) electrons. The van der Waals surface area contributed by atoms with Gasteiger partial charge in [0.1, 0.15) is 5.60 Å². The predicted octanol–water partition coefficient (Wildman–Crippen LogP) is 1.29. The second-order valence-corrected chi connectivity index (χ2v) is 4.24. The third-order valence-corrected chi connectivity index (χ3v) is 3.11. The molecule has 0 aromatic carbocycles. The van der Waals surface area contributed by atoms with Crippen molar-refractivity contribution in [3.05, 3.63) is 25.0 Å². The van der Waals surface area contributed by atoms with E-state index in [1.165, 1.54) is 0 Å². The van der Waals surface area contributed by atoms with Gasteiger partial charge in [-0.05, 0) is 0 Å². The molecule has 1 saturated heterocycles. The number of ether oxygens (including phenoxy) is 2. The quantitative estimate of drug-likeness (QED) is 0.757. The van der Waals surface area contributed by atoms with Gasteiger partial charge in [-0.15, -0.1) is 6.58 Å². The minimum atomic E-state index is -0.217. The molecular weight excluding hydrogens is 218 g/mol. The summed E-state index contributed by atoms with van der Waals surface area (Å²) in [6, 6.07) is 0. The Kier molecular flexibility index (Phi) is 3.81. The van der Waals surface area contributed by atoms with Crippen molar-refractivity contribution < 1.29 is 9.47 Å². The monoisotopic (exact) mass is 237 g/mol. The SMILES string of the molecule is C=CCn1ccnc1NCC1(OC)CCOC1. The molecule has 0 aliphatic carbocycles. The van der Waals surface area contributed by atoms with Crippen molar-refractivity contribution in [3.63, 3.8) is 0 Å². The van der Waals surface area contributed by atoms with E-state index in [1.807, 2.05) is 16.8 Å². The lowest BCUT2D eigenvalue weighted by Crippen LogP contribution is -2.40. The van der Waals surface area contributed by atoms with Crippen LogP contribution < -0.4 is 5.32 Å². The molecule has 1 unspecified atom stereocenters. The molecule has 0 bridgehead atoms. The highest BCUT2D eigenvalue weighted by Crippen LogP contribution is 2.22. The van der Waals surface area contributed by atoms with E-state index >= 15 is 0 Å². The van der Waals surface area contributed by atoms with Gasteiger partial charge >= 0.3 is 0 Å². The summed E-state index contributed by atoms with van der Waals surface area (Å²) >= 11 is 0. The third-order valence-electron chi connectivity index (χ3n) is 3.11. The fourth-order valence-electron chi connectivity index (χ4n) is 1.96. The van der Waals surface area contributed by atoms with Gasteiger partial charge in [-0.3, -0.25) is 0 Å². The van der Waals surface area contributed by atoms with E-state index in [2.05, 4.69) is 16.9 Å². The molecule has 0 spiro atoms. The minimum Gasteiger partial charge on any atom is -0.378 e. The zero-order valence-corrected chi connectivity index (χ0v) is 10.2. The molecule has 1 N–H and O–H groups in total. The zero-order chi connectivity index (χ0) is 12.1. The van der Waals surface area contributed by atoms with Crippen molar-refractivity contribution in [2.75, 3.05) is 32.2 Å². The number of allylic oxidation sites excluding steroid dienone is 1. The molecule has 1 fully saturated rings. The van der Waals surface area contributed by atoms with Gasteiger partial charge in [0.25, 0.3) is 0 Å². The first kappa shape index (κ1) is 12.1. The minimum absolute atomic E-state index is 0.217. The average Bonchev–Trinajstić information content (AvgIpc) is 2.97. The van der Waals surface area contributed by atoms with Crippen molar-refractivity contribution in [1.29, 1.82) is 0 Å². The van der Waals surface area contributed by atoms with Crippen LogP contribution in [0.15, 0.2) is 25.0 Å². The van der Waals surface area contributed by atoms with Gasteiger partial charge in [-0.25, -0.2) is 4.98 Å². The fourth-order valence-corrected chi connectivity index (χ4v) is 1.96. The van der Waals surface area contributed by atoms with Crippen molar-refractivity contribution in [1.82, 2.24) is 9.55 Å². The second-order valence-electron chi connectivity index (χ2n) is 4.24. The summed E-state index contributed by atoms with van der Waals surface area (Å²) in [6.45, 7) is 6.58. The van der Waals surface area contributed by atoms with Gasteiger partial charge in [-0.1, -0.05) is 6.08 Å². The molecule has 1 atom stereocenters. The standard InChI is InChI=1S/C12H19N3O2/c1-3-6-15-7-5-13-11(15)14-9-12(16-2)4-8-17-10-12/h3,5,7H,1,4,6,8-10H2,2H3,(H,13,14). The van der Waals surface area contributed by atoms with Gasteiger partial charge in [0.2, 0.25) is 5.95 Å². The molecule has 1 aliphatic heterocycles. The molecule has 0 saturated carbocycles. The molecular formula is C12H19N3O2. The van der Waals surface area contributed by atoms with Crippen molar-refractivity contribution >= 4 is 5.95 Å². The molecule has 1 aromatic rings. The lowest BCUT2D eigenvalue weighted by molar-refractivity contribution is -0.00634. The maximum absolute atomic E-state index is 5.55. The normalized spacial score (nSPS) is 23.8. The lowest BCUT2D eigenvalue weighted by atomic mass is 10.0. The maximum atomic E-state index is 5.55. The first-order chi connectivity index (χ1) is 8.29. The first-order valence-corrected chi connectivity index (χ1v) is 5.78. The van der Waals surface area contributed by atoms with Gasteiger partial charge in [0, 0.05) is 45.6 Å². The van der Waals surface area contributed by atoms with Crippen LogP contribution in [0.5, 0.6) is 0 Å². The summed E-state index contributed by atoms with van der Waals surface area (Å²) in [7, 11) is 1.73. The van der Waals surface area contributed by atoms with Crippen molar-refractivity contribution in [2.45, 2.75) is 18.6 Å². The topological polar surface area (TPSA) is 48.3 Å². The molecule has 2 rings (SSSR count). The van der Waals surface area contributed by atoms with Crippen molar-refractivity contribution in [2.24, 2.45) is 0 Å². The van der Waals surface area contributed by atoms with E-state index in [-0.39, 0.29) is 5.60 Å². The fraction of sp³-hybridized carbons (Fsp3) is 0.583. The second kappa shape index (κ2) is 5.33. The number of nitrogens with one attached hydrogen (secondary N) is 1. The van der Waals surface area contributed by atoms with Gasteiger partial charge in [0.15, 0.2) is 0 Å². The lowest BCUT2D eigenvalue weighted by Gasteiger charge is -2.26. The molecule has 0 amide bonds. The van der Waals surface area contributed by atoms with Crippen LogP contribution in [0.25, 0.3) is 0 Å². The number of hydrogen-bond acceptors (Lipinski definition) is 4. The Balaban J connectivity index is 1.96. The Morgan fingerprint density at radius 2 is 2.65 bits per heavy atom. The molecule has 1 aromatic heterocycles. The highest BCUT2D eigenvalue weighted by Gasteiger charge is 2.34. The number of aromatic nitrogens is 2. The Hall–Kier alpha value is -1.33. The summed E-state index contributed by atoms with van der Waals surface area (Å²) in [6.07, 6.45) is 6.46. The molecule has 5 heteroatoms. The maximum Gasteiger partial charge on any atom is 0.203 e. The Morgan fingerprint density at radius 1 is 1.76 bits per heavy atom. The Bertz CT molecular complexity index is 370. The smallest absolute Gasteiger partial charge is 0.203 e. The van der Waals surface area contributed by atoms with Crippen LogP contribution in [0.2, 0.25) is 0 Å². The van der Waals surface area contributed by atoms with E-state index < -0.39 is 0 Å². The first-order valence-electron chi connectivity index (χ1n) is 5.78. The van der Waals surface area contributed by atoms with Crippen LogP contribution in [0.4, 0.5) is 5.95 Å². The number of hydrogen-bond donors (Lipinski definition) is 1. The number of imidazole rings is 1. The summed E-state index contributed by atoms with van der Waals surface area (Å²) < 4.78 is 12.9. The van der Waals surface area contributed by atoms with Crippen LogP contribution in [0.1, 0.15) is 6.42 Å².